The Hall–Kier alpha value is -0.970. The van der Waals surface area contributed by atoms with E-state index in [2.05, 4.69) is 12.0 Å². The van der Waals surface area contributed by atoms with Crippen molar-refractivity contribution in [2.45, 2.75) is 37.8 Å². The molecule has 0 fully saturated rings. The van der Waals surface area contributed by atoms with Crippen molar-refractivity contribution >= 4 is 23.4 Å². The number of aliphatic hydroxyl groups is 1. The molecule has 1 aromatic heterocycles. The van der Waals surface area contributed by atoms with Crippen LogP contribution in [0.2, 0.25) is 5.02 Å². The molecule has 1 unspecified atom stereocenters. The van der Waals surface area contributed by atoms with Crippen molar-refractivity contribution in [3.63, 3.8) is 0 Å². The van der Waals surface area contributed by atoms with Crippen molar-refractivity contribution in [2.24, 2.45) is 0 Å². The first kappa shape index (κ1) is 15.4. The van der Waals surface area contributed by atoms with Crippen LogP contribution in [0.25, 0.3) is 0 Å². The molecule has 1 heterocycles. The smallest absolute Gasteiger partial charge is 0.122 e. The zero-order valence-electron chi connectivity index (χ0n) is 11.9. The van der Waals surface area contributed by atoms with Gasteiger partial charge < -0.3 is 5.11 Å². The van der Waals surface area contributed by atoms with Crippen LogP contribution in [-0.2, 0) is 0 Å². The maximum absolute atomic E-state index is 10.6. The molecule has 108 valence electrons. The zero-order valence-corrected chi connectivity index (χ0v) is 13.4. The molecular formula is C15H19ClN2OS. The molecule has 0 aliphatic rings. The molecule has 1 atom stereocenters. The Bertz CT molecular complexity index is 566. The van der Waals surface area contributed by atoms with Gasteiger partial charge in [0.05, 0.1) is 16.9 Å². The number of rotatable bonds is 5. The van der Waals surface area contributed by atoms with Gasteiger partial charge in [0.2, 0.25) is 0 Å². The Kier molecular flexibility index (Phi) is 5.13. The fourth-order valence-corrected chi connectivity index (χ4v) is 2.98. The van der Waals surface area contributed by atoms with Crippen LogP contribution in [0.4, 0.5) is 0 Å². The summed E-state index contributed by atoms with van der Waals surface area (Å²) >= 11 is 7.95. The lowest BCUT2D eigenvalue weighted by Gasteiger charge is -2.17. The average Bonchev–Trinajstić information content (AvgIpc) is 2.81. The third-order valence-electron chi connectivity index (χ3n) is 3.04. The average molecular weight is 311 g/mol. The maximum Gasteiger partial charge on any atom is 0.122 e. The van der Waals surface area contributed by atoms with Crippen molar-refractivity contribution in [3.05, 3.63) is 46.7 Å². The zero-order chi connectivity index (χ0) is 14.7. The van der Waals surface area contributed by atoms with E-state index in [4.69, 9.17) is 11.6 Å². The Morgan fingerprint density at radius 3 is 2.50 bits per heavy atom. The molecule has 0 saturated carbocycles. The van der Waals surface area contributed by atoms with E-state index in [1.54, 1.807) is 22.6 Å². The SMILES string of the molecule is CCSc1ccc(C(O)c2c(Cl)cnn2C(C)C)cc1. The maximum atomic E-state index is 10.6. The van der Waals surface area contributed by atoms with Crippen molar-refractivity contribution in [1.82, 2.24) is 9.78 Å². The van der Waals surface area contributed by atoms with Gasteiger partial charge in [-0.2, -0.15) is 5.10 Å². The predicted octanol–water partition coefficient (Wildman–Crippen LogP) is 4.31. The number of aromatic nitrogens is 2. The molecule has 0 saturated heterocycles. The van der Waals surface area contributed by atoms with E-state index >= 15 is 0 Å². The van der Waals surface area contributed by atoms with Gasteiger partial charge in [-0.05, 0) is 37.3 Å². The van der Waals surface area contributed by atoms with Crippen LogP contribution in [-0.4, -0.2) is 20.6 Å². The van der Waals surface area contributed by atoms with Gasteiger partial charge in [-0.15, -0.1) is 11.8 Å². The van der Waals surface area contributed by atoms with E-state index < -0.39 is 6.10 Å². The van der Waals surface area contributed by atoms with Gasteiger partial charge in [0.15, 0.2) is 0 Å². The summed E-state index contributed by atoms with van der Waals surface area (Å²) in [5, 5.41) is 15.3. The molecule has 0 aliphatic carbocycles. The Labute approximate surface area is 129 Å². The van der Waals surface area contributed by atoms with E-state index in [1.807, 2.05) is 38.1 Å². The lowest BCUT2D eigenvalue weighted by atomic mass is 10.1. The summed E-state index contributed by atoms with van der Waals surface area (Å²) in [6.07, 6.45) is 0.828. The van der Waals surface area contributed by atoms with Crippen molar-refractivity contribution in [2.75, 3.05) is 5.75 Å². The second kappa shape index (κ2) is 6.66. The first-order valence-electron chi connectivity index (χ1n) is 6.68. The second-order valence-corrected chi connectivity index (χ2v) is 6.57. The number of hydrogen-bond acceptors (Lipinski definition) is 3. The molecule has 0 bridgehead atoms. The standard InChI is InChI=1S/C15H19ClN2OS/c1-4-20-12-7-5-11(6-8-12)15(19)14-13(16)9-17-18(14)10(2)3/h5-10,15,19H,4H2,1-3H3. The molecule has 0 radical (unpaired) electrons. The van der Waals surface area contributed by atoms with Gasteiger partial charge >= 0.3 is 0 Å². The quantitative estimate of drug-likeness (QED) is 0.836. The summed E-state index contributed by atoms with van der Waals surface area (Å²) in [6.45, 7) is 6.15. The molecule has 0 amide bonds. The van der Waals surface area contributed by atoms with Crippen molar-refractivity contribution in [1.29, 1.82) is 0 Å². The molecule has 2 rings (SSSR count). The molecule has 3 nitrogen and oxygen atoms in total. The fourth-order valence-electron chi connectivity index (χ4n) is 2.09. The highest BCUT2D eigenvalue weighted by Crippen LogP contribution is 2.31. The number of nitrogens with zero attached hydrogens (tertiary/aromatic N) is 2. The topological polar surface area (TPSA) is 38.1 Å². The third kappa shape index (κ3) is 3.19. The highest BCUT2D eigenvalue weighted by Gasteiger charge is 2.21. The van der Waals surface area contributed by atoms with Crippen molar-refractivity contribution in [3.8, 4) is 0 Å². The third-order valence-corrected chi connectivity index (χ3v) is 4.23. The molecule has 1 aromatic carbocycles. The van der Waals surface area contributed by atoms with Crippen molar-refractivity contribution < 1.29 is 5.11 Å². The summed E-state index contributed by atoms with van der Waals surface area (Å²) in [4.78, 5) is 1.20. The number of halogens is 1. The molecule has 2 aromatic rings. The van der Waals surface area contributed by atoms with Gasteiger partial charge in [0.25, 0.3) is 0 Å². The summed E-state index contributed by atoms with van der Waals surface area (Å²) in [5.74, 6) is 1.04. The van der Waals surface area contributed by atoms with E-state index in [9.17, 15) is 5.11 Å². The highest BCUT2D eigenvalue weighted by atomic mass is 35.5. The van der Waals surface area contributed by atoms with Crippen LogP contribution in [0.3, 0.4) is 0 Å². The number of thioether (sulfide) groups is 1. The van der Waals surface area contributed by atoms with Gasteiger partial charge in [0.1, 0.15) is 6.10 Å². The van der Waals surface area contributed by atoms with E-state index in [0.29, 0.717) is 10.7 Å². The first-order chi connectivity index (χ1) is 9.54. The van der Waals surface area contributed by atoms with Crippen LogP contribution in [0.1, 0.15) is 44.2 Å². The molecule has 1 N–H and O–H groups in total. The van der Waals surface area contributed by atoms with Crippen LogP contribution in [0.5, 0.6) is 0 Å². The summed E-state index contributed by atoms with van der Waals surface area (Å²) in [6, 6.07) is 8.09. The molecule has 20 heavy (non-hydrogen) atoms. The van der Waals surface area contributed by atoms with Crippen LogP contribution in [0, 0.1) is 0 Å². The van der Waals surface area contributed by atoms with E-state index in [0.717, 1.165) is 11.3 Å². The molecule has 0 spiro atoms. The number of hydrogen-bond donors (Lipinski definition) is 1. The summed E-state index contributed by atoms with van der Waals surface area (Å²) in [5.41, 5.74) is 1.48. The summed E-state index contributed by atoms with van der Waals surface area (Å²) < 4.78 is 1.77. The summed E-state index contributed by atoms with van der Waals surface area (Å²) in [7, 11) is 0. The minimum atomic E-state index is -0.756. The predicted molar refractivity (Wildman–Crippen MR) is 84.5 cm³/mol. The Morgan fingerprint density at radius 2 is 1.95 bits per heavy atom. The number of benzene rings is 1. The monoisotopic (exact) mass is 310 g/mol. The lowest BCUT2D eigenvalue weighted by molar-refractivity contribution is 0.205. The lowest BCUT2D eigenvalue weighted by Crippen LogP contribution is -2.12. The highest BCUT2D eigenvalue weighted by molar-refractivity contribution is 7.99. The van der Waals surface area contributed by atoms with Gasteiger partial charge in [0, 0.05) is 10.9 Å². The fraction of sp³-hybridized carbons (Fsp3) is 0.400. The minimum Gasteiger partial charge on any atom is -0.382 e. The Morgan fingerprint density at radius 1 is 1.30 bits per heavy atom. The van der Waals surface area contributed by atoms with Gasteiger partial charge in [-0.25, -0.2) is 0 Å². The largest absolute Gasteiger partial charge is 0.382 e. The minimum absolute atomic E-state index is 0.155. The second-order valence-electron chi connectivity index (χ2n) is 4.82. The van der Waals surface area contributed by atoms with E-state index in [1.165, 1.54) is 4.90 Å². The van der Waals surface area contributed by atoms with Gasteiger partial charge in [-0.3, -0.25) is 4.68 Å². The Balaban J connectivity index is 2.31. The normalized spacial score (nSPS) is 12.9. The van der Waals surface area contributed by atoms with Crippen LogP contribution >= 0.6 is 23.4 Å². The number of aliphatic hydroxyl groups excluding tert-OH is 1. The van der Waals surface area contributed by atoms with Crippen LogP contribution < -0.4 is 0 Å². The molecule has 5 heteroatoms. The van der Waals surface area contributed by atoms with E-state index in [-0.39, 0.29) is 6.04 Å². The first-order valence-corrected chi connectivity index (χ1v) is 8.04. The van der Waals surface area contributed by atoms with Crippen LogP contribution in [0.15, 0.2) is 35.4 Å². The van der Waals surface area contributed by atoms with Gasteiger partial charge in [-0.1, -0.05) is 30.7 Å². The molecular weight excluding hydrogens is 292 g/mol. The molecule has 0 aliphatic heterocycles.